The van der Waals surface area contributed by atoms with Gasteiger partial charge in [-0.2, -0.15) is 0 Å². The Labute approximate surface area is 121 Å². The maximum Gasteiger partial charge on any atom is 0.337 e. The van der Waals surface area contributed by atoms with Crippen LogP contribution in [0.15, 0.2) is 42.5 Å². The molecule has 0 atom stereocenters. The number of carbonyl (C=O) groups is 1. The molecule has 2 aromatic carbocycles. The van der Waals surface area contributed by atoms with E-state index in [1.54, 1.807) is 30.3 Å². The number of esters is 1. The van der Waals surface area contributed by atoms with E-state index in [9.17, 15) is 9.18 Å². The Morgan fingerprint density at radius 3 is 2.55 bits per heavy atom. The first-order valence-electron chi connectivity index (χ1n) is 5.96. The summed E-state index contributed by atoms with van der Waals surface area (Å²) in [6.07, 6.45) is 0. The van der Waals surface area contributed by atoms with Crippen molar-refractivity contribution >= 4 is 23.3 Å². The second-order valence-corrected chi connectivity index (χ2v) is 4.58. The normalized spacial score (nSPS) is 10.2. The lowest BCUT2D eigenvalue weighted by Gasteiger charge is -2.08. The molecule has 0 radical (unpaired) electrons. The van der Waals surface area contributed by atoms with Crippen molar-refractivity contribution in [3.05, 3.63) is 64.4 Å². The van der Waals surface area contributed by atoms with Gasteiger partial charge >= 0.3 is 5.97 Å². The van der Waals surface area contributed by atoms with E-state index in [4.69, 9.17) is 11.6 Å². The molecule has 0 heterocycles. The Kier molecular flexibility index (Phi) is 4.58. The van der Waals surface area contributed by atoms with Gasteiger partial charge in [0.05, 0.1) is 17.7 Å². The summed E-state index contributed by atoms with van der Waals surface area (Å²) >= 11 is 5.62. The van der Waals surface area contributed by atoms with Crippen LogP contribution in [0.3, 0.4) is 0 Å². The second kappa shape index (κ2) is 6.39. The molecule has 0 aliphatic carbocycles. The monoisotopic (exact) mass is 293 g/mol. The largest absolute Gasteiger partial charge is 0.465 e. The molecule has 2 aromatic rings. The molecular formula is C15H13ClFNO2. The fraction of sp³-hybridized carbons (Fsp3) is 0.133. The first kappa shape index (κ1) is 14.3. The number of ether oxygens (including phenoxy) is 1. The van der Waals surface area contributed by atoms with Gasteiger partial charge in [0.1, 0.15) is 5.82 Å². The van der Waals surface area contributed by atoms with E-state index in [-0.39, 0.29) is 11.0 Å². The number of carbonyl (C=O) groups excluding carboxylic acids is 1. The first-order valence-corrected chi connectivity index (χ1v) is 6.34. The van der Waals surface area contributed by atoms with Crippen molar-refractivity contribution in [2.45, 2.75) is 6.54 Å². The zero-order valence-corrected chi connectivity index (χ0v) is 11.6. The minimum atomic E-state index is -0.438. The third-order valence-electron chi connectivity index (χ3n) is 2.79. The molecule has 0 amide bonds. The molecule has 20 heavy (non-hydrogen) atoms. The van der Waals surface area contributed by atoms with Crippen molar-refractivity contribution in [1.29, 1.82) is 0 Å². The van der Waals surface area contributed by atoms with E-state index in [1.807, 2.05) is 0 Å². The van der Waals surface area contributed by atoms with Crippen molar-refractivity contribution in [3.8, 4) is 0 Å². The van der Waals surface area contributed by atoms with Gasteiger partial charge in [0.2, 0.25) is 0 Å². The van der Waals surface area contributed by atoms with E-state index < -0.39 is 5.82 Å². The van der Waals surface area contributed by atoms with Crippen molar-refractivity contribution < 1.29 is 13.9 Å². The number of hydrogen-bond donors (Lipinski definition) is 1. The zero-order valence-electron chi connectivity index (χ0n) is 10.8. The number of rotatable bonds is 4. The van der Waals surface area contributed by atoms with Gasteiger partial charge in [0, 0.05) is 12.2 Å². The number of halogens is 2. The quantitative estimate of drug-likeness (QED) is 0.870. The fourth-order valence-electron chi connectivity index (χ4n) is 1.70. The molecule has 0 bridgehead atoms. The molecule has 0 saturated carbocycles. The number of hydrogen-bond acceptors (Lipinski definition) is 3. The highest BCUT2D eigenvalue weighted by atomic mass is 35.5. The van der Waals surface area contributed by atoms with Crippen LogP contribution >= 0.6 is 11.6 Å². The van der Waals surface area contributed by atoms with Crippen LogP contribution in [0.5, 0.6) is 0 Å². The molecular weight excluding hydrogens is 281 g/mol. The maximum atomic E-state index is 13.3. The predicted molar refractivity (Wildman–Crippen MR) is 76.5 cm³/mol. The molecule has 5 heteroatoms. The SMILES string of the molecule is COC(=O)c1ccc(NCc2ccc(Cl)c(F)c2)cc1. The van der Waals surface area contributed by atoms with Crippen LogP contribution in [0.25, 0.3) is 0 Å². The van der Waals surface area contributed by atoms with E-state index in [1.165, 1.54) is 19.2 Å². The smallest absolute Gasteiger partial charge is 0.337 e. The first-order chi connectivity index (χ1) is 9.60. The second-order valence-electron chi connectivity index (χ2n) is 4.17. The van der Waals surface area contributed by atoms with Crippen LogP contribution in [-0.4, -0.2) is 13.1 Å². The standard InChI is InChI=1S/C15H13ClFNO2/c1-20-15(19)11-3-5-12(6-4-11)18-9-10-2-7-13(16)14(17)8-10/h2-8,18H,9H2,1H3. The highest BCUT2D eigenvalue weighted by Gasteiger charge is 2.04. The summed E-state index contributed by atoms with van der Waals surface area (Å²) < 4.78 is 17.9. The topological polar surface area (TPSA) is 38.3 Å². The third-order valence-corrected chi connectivity index (χ3v) is 3.09. The molecule has 1 N–H and O–H groups in total. The predicted octanol–water partition coefficient (Wildman–Crippen LogP) is 3.88. The van der Waals surface area contributed by atoms with Gasteiger partial charge in [-0.1, -0.05) is 17.7 Å². The Morgan fingerprint density at radius 2 is 1.95 bits per heavy atom. The highest BCUT2D eigenvalue weighted by molar-refractivity contribution is 6.30. The molecule has 0 unspecified atom stereocenters. The van der Waals surface area contributed by atoms with Crippen molar-refractivity contribution in [2.75, 3.05) is 12.4 Å². The fourth-order valence-corrected chi connectivity index (χ4v) is 1.81. The van der Waals surface area contributed by atoms with Crippen molar-refractivity contribution in [2.24, 2.45) is 0 Å². The van der Waals surface area contributed by atoms with Crippen LogP contribution in [0.2, 0.25) is 5.02 Å². The van der Waals surface area contributed by atoms with Crippen LogP contribution in [0.4, 0.5) is 10.1 Å². The van der Waals surface area contributed by atoms with Crippen LogP contribution < -0.4 is 5.32 Å². The van der Waals surface area contributed by atoms with Crippen LogP contribution in [0.1, 0.15) is 15.9 Å². The van der Waals surface area contributed by atoms with Gasteiger partial charge in [-0.25, -0.2) is 9.18 Å². The van der Waals surface area contributed by atoms with Gasteiger partial charge in [-0.15, -0.1) is 0 Å². The van der Waals surface area contributed by atoms with E-state index in [2.05, 4.69) is 10.1 Å². The summed E-state index contributed by atoms with van der Waals surface area (Å²) in [5, 5.41) is 3.24. The van der Waals surface area contributed by atoms with Gasteiger partial charge in [-0.05, 0) is 42.0 Å². The molecule has 0 saturated heterocycles. The van der Waals surface area contributed by atoms with Gasteiger partial charge < -0.3 is 10.1 Å². The van der Waals surface area contributed by atoms with Crippen LogP contribution in [0, 0.1) is 5.82 Å². The Bertz CT molecular complexity index is 614. The molecule has 2 rings (SSSR count). The minimum Gasteiger partial charge on any atom is -0.465 e. The summed E-state index contributed by atoms with van der Waals surface area (Å²) in [6, 6.07) is 11.5. The Hall–Kier alpha value is -2.07. The average molecular weight is 294 g/mol. The zero-order chi connectivity index (χ0) is 14.5. The summed E-state index contributed by atoms with van der Waals surface area (Å²) in [5.41, 5.74) is 2.09. The van der Waals surface area contributed by atoms with E-state index >= 15 is 0 Å². The summed E-state index contributed by atoms with van der Waals surface area (Å²) in [7, 11) is 1.34. The average Bonchev–Trinajstić information content (AvgIpc) is 2.48. The summed E-state index contributed by atoms with van der Waals surface area (Å²) in [5.74, 6) is -0.816. The number of anilines is 1. The summed E-state index contributed by atoms with van der Waals surface area (Å²) in [6.45, 7) is 0.464. The van der Waals surface area contributed by atoms with E-state index in [0.717, 1.165) is 11.3 Å². The number of benzene rings is 2. The molecule has 0 spiro atoms. The number of methoxy groups -OCH3 is 1. The molecule has 0 aliphatic heterocycles. The lowest BCUT2D eigenvalue weighted by molar-refractivity contribution is 0.0601. The van der Waals surface area contributed by atoms with E-state index in [0.29, 0.717) is 12.1 Å². The van der Waals surface area contributed by atoms with Crippen LogP contribution in [-0.2, 0) is 11.3 Å². The lowest BCUT2D eigenvalue weighted by Crippen LogP contribution is -2.03. The Balaban J connectivity index is 2.00. The van der Waals surface area contributed by atoms with Gasteiger partial charge in [0.15, 0.2) is 0 Å². The maximum absolute atomic E-state index is 13.3. The van der Waals surface area contributed by atoms with Crippen molar-refractivity contribution in [1.82, 2.24) is 0 Å². The summed E-state index contributed by atoms with van der Waals surface area (Å²) in [4.78, 5) is 11.3. The minimum absolute atomic E-state index is 0.108. The number of nitrogens with one attached hydrogen (secondary N) is 1. The molecule has 0 aliphatic rings. The third kappa shape index (κ3) is 3.48. The molecule has 104 valence electrons. The van der Waals surface area contributed by atoms with Gasteiger partial charge in [0.25, 0.3) is 0 Å². The Morgan fingerprint density at radius 1 is 1.25 bits per heavy atom. The molecule has 3 nitrogen and oxygen atoms in total. The highest BCUT2D eigenvalue weighted by Crippen LogP contribution is 2.17. The van der Waals surface area contributed by atoms with Gasteiger partial charge in [-0.3, -0.25) is 0 Å². The lowest BCUT2D eigenvalue weighted by atomic mass is 10.2. The molecule has 0 aromatic heterocycles. The molecule has 0 fully saturated rings. The van der Waals surface area contributed by atoms with Crippen molar-refractivity contribution in [3.63, 3.8) is 0 Å².